The molecule has 0 fully saturated rings. The van der Waals surface area contributed by atoms with Gasteiger partial charge in [0.05, 0.1) is 12.4 Å². The molecule has 0 aliphatic heterocycles. The number of rotatable bonds is 8. The number of hydrogen-bond acceptors (Lipinski definition) is 3. The highest BCUT2D eigenvalue weighted by molar-refractivity contribution is 8.00. The van der Waals surface area contributed by atoms with Gasteiger partial charge >= 0.3 is 0 Å². The van der Waals surface area contributed by atoms with Gasteiger partial charge in [-0.15, -0.1) is 11.8 Å². The summed E-state index contributed by atoms with van der Waals surface area (Å²) in [5.41, 5.74) is 4.48. The number of para-hydroxylation sites is 1. The maximum Gasteiger partial charge on any atom is 0.234 e. The molecule has 0 atom stereocenters. The average Bonchev–Trinajstić information content (AvgIpc) is 3.11. The molecule has 4 nitrogen and oxygen atoms in total. The van der Waals surface area contributed by atoms with E-state index in [1.807, 2.05) is 37.3 Å². The molecule has 3 aromatic carbocycles. The summed E-state index contributed by atoms with van der Waals surface area (Å²) in [6.07, 6.45) is 2.15. The van der Waals surface area contributed by atoms with E-state index >= 15 is 0 Å². The fourth-order valence-corrected chi connectivity index (χ4v) is 4.50. The molecule has 4 rings (SSSR count). The van der Waals surface area contributed by atoms with Gasteiger partial charge in [0.1, 0.15) is 5.75 Å². The molecule has 0 aliphatic rings. The number of fused-ring (bicyclic) bond motifs is 1. The van der Waals surface area contributed by atoms with Crippen LogP contribution in [0.15, 0.2) is 83.9 Å². The van der Waals surface area contributed by atoms with Crippen LogP contribution in [0.5, 0.6) is 5.75 Å². The van der Waals surface area contributed by atoms with Gasteiger partial charge in [0, 0.05) is 34.2 Å². The zero-order chi connectivity index (χ0) is 21.6. The number of carbonyl (C=O) groups excluding carboxylic acids is 1. The minimum absolute atomic E-state index is 0.0234. The normalized spacial score (nSPS) is 10.9. The first-order valence-corrected chi connectivity index (χ1v) is 11.4. The van der Waals surface area contributed by atoms with Crippen molar-refractivity contribution in [3.63, 3.8) is 0 Å². The summed E-state index contributed by atoms with van der Waals surface area (Å²) < 4.78 is 7.70. The zero-order valence-electron chi connectivity index (χ0n) is 17.8. The highest BCUT2D eigenvalue weighted by Crippen LogP contribution is 2.30. The van der Waals surface area contributed by atoms with Crippen molar-refractivity contribution >= 4 is 34.3 Å². The van der Waals surface area contributed by atoms with Crippen molar-refractivity contribution in [3.8, 4) is 5.75 Å². The Balaban J connectivity index is 1.45. The number of amides is 1. The fraction of sp³-hybridized carbons (Fsp3) is 0.192. The van der Waals surface area contributed by atoms with Crippen LogP contribution in [0.2, 0.25) is 0 Å². The molecule has 1 heterocycles. The van der Waals surface area contributed by atoms with Crippen LogP contribution in [0.4, 0.5) is 5.69 Å². The van der Waals surface area contributed by atoms with Crippen molar-refractivity contribution in [1.82, 2.24) is 4.57 Å². The van der Waals surface area contributed by atoms with Crippen LogP contribution in [0.3, 0.4) is 0 Å². The topological polar surface area (TPSA) is 43.3 Å². The molecule has 1 amide bonds. The number of nitrogens with zero attached hydrogens (tertiary/aromatic N) is 1. The van der Waals surface area contributed by atoms with Crippen molar-refractivity contribution in [3.05, 3.63) is 90.1 Å². The van der Waals surface area contributed by atoms with E-state index in [0.717, 1.165) is 22.9 Å². The Morgan fingerprint density at radius 1 is 1.03 bits per heavy atom. The third-order valence-corrected chi connectivity index (χ3v) is 6.04. The van der Waals surface area contributed by atoms with Crippen LogP contribution in [-0.4, -0.2) is 22.8 Å². The van der Waals surface area contributed by atoms with Crippen molar-refractivity contribution in [2.24, 2.45) is 0 Å². The predicted molar refractivity (Wildman–Crippen MR) is 129 cm³/mol. The molecule has 4 aromatic rings. The maximum atomic E-state index is 12.5. The summed E-state index contributed by atoms with van der Waals surface area (Å²) in [7, 11) is 0. The van der Waals surface area contributed by atoms with Crippen LogP contribution in [0.1, 0.15) is 18.1 Å². The van der Waals surface area contributed by atoms with Gasteiger partial charge in [-0.1, -0.05) is 48.0 Å². The van der Waals surface area contributed by atoms with E-state index in [4.69, 9.17) is 4.74 Å². The summed E-state index contributed by atoms with van der Waals surface area (Å²) in [5, 5.41) is 4.14. The minimum Gasteiger partial charge on any atom is -0.494 e. The van der Waals surface area contributed by atoms with E-state index in [2.05, 4.69) is 65.5 Å². The molecule has 0 unspecified atom stereocenters. The highest BCUT2D eigenvalue weighted by atomic mass is 32.2. The Labute approximate surface area is 187 Å². The molecule has 5 heteroatoms. The standard InChI is InChI=1S/C26H26N2O2S/c1-3-30-22-13-11-21(12-14-22)27-26(29)18-31-25-17-28(24-10-5-4-9-23(24)25)16-20-8-6-7-19(2)15-20/h4-15,17H,3,16,18H2,1-2H3,(H,27,29). The molecule has 31 heavy (non-hydrogen) atoms. The molecule has 0 radical (unpaired) electrons. The van der Waals surface area contributed by atoms with E-state index in [9.17, 15) is 4.79 Å². The number of carbonyl (C=O) groups is 1. The highest BCUT2D eigenvalue weighted by Gasteiger charge is 2.11. The van der Waals surface area contributed by atoms with Crippen molar-refractivity contribution < 1.29 is 9.53 Å². The second kappa shape index (κ2) is 9.75. The number of benzene rings is 3. The molecule has 158 valence electrons. The van der Waals surface area contributed by atoms with E-state index in [-0.39, 0.29) is 5.91 Å². The first kappa shape index (κ1) is 21.1. The van der Waals surface area contributed by atoms with Crippen molar-refractivity contribution in [2.75, 3.05) is 17.7 Å². The van der Waals surface area contributed by atoms with E-state index < -0.39 is 0 Å². The third-order valence-electron chi connectivity index (χ3n) is 5.00. The van der Waals surface area contributed by atoms with Crippen molar-refractivity contribution in [1.29, 1.82) is 0 Å². The second-order valence-electron chi connectivity index (χ2n) is 7.42. The Morgan fingerprint density at radius 2 is 1.84 bits per heavy atom. The molecule has 0 saturated heterocycles. The van der Waals surface area contributed by atoms with Crippen LogP contribution < -0.4 is 10.1 Å². The SMILES string of the molecule is CCOc1ccc(NC(=O)CSc2cn(Cc3cccc(C)c3)c3ccccc23)cc1. The van der Waals surface area contributed by atoms with E-state index in [1.165, 1.54) is 22.0 Å². The quantitative estimate of drug-likeness (QED) is 0.342. The van der Waals surface area contributed by atoms with Gasteiger partial charge in [0.2, 0.25) is 5.91 Å². The van der Waals surface area contributed by atoms with Crippen LogP contribution in [0, 0.1) is 6.92 Å². The lowest BCUT2D eigenvalue weighted by Gasteiger charge is -2.07. The number of thioether (sulfide) groups is 1. The zero-order valence-corrected chi connectivity index (χ0v) is 18.6. The summed E-state index contributed by atoms with van der Waals surface area (Å²) in [4.78, 5) is 13.6. The molecule has 0 aliphatic carbocycles. The van der Waals surface area contributed by atoms with Crippen LogP contribution in [0.25, 0.3) is 10.9 Å². The van der Waals surface area contributed by atoms with Gasteiger partial charge in [0.15, 0.2) is 0 Å². The number of ether oxygens (including phenoxy) is 1. The van der Waals surface area contributed by atoms with Gasteiger partial charge < -0.3 is 14.6 Å². The fourth-order valence-electron chi connectivity index (χ4n) is 3.61. The average molecular weight is 431 g/mol. The van der Waals surface area contributed by atoms with Crippen LogP contribution >= 0.6 is 11.8 Å². The Hall–Kier alpha value is -3.18. The number of anilines is 1. The third kappa shape index (κ3) is 5.30. The minimum atomic E-state index is -0.0234. The predicted octanol–water partition coefficient (Wildman–Crippen LogP) is 6.13. The number of nitrogens with one attached hydrogen (secondary N) is 1. The summed E-state index contributed by atoms with van der Waals surface area (Å²) in [6, 6.07) is 24.4. The number of aryl methyl sites for hydroxylation is 1. The number of aromatic nitrogens is 1. The molecule has 0 bridgehead atoms. The summed E-state index contributed by atoms with van der Waals surface area (Å²) >= 11 is 1.57. The summed E-state index contributed by atoms with van der Waals surface area (Å²) in [6.45, 7) is 5.49. The van der Waals surface area contributed by atoms with Gasteiger partial charge in [-0.25, -0.2) is 0 Å². The largest absolute Gasteiger partial charge is 0.494 e. The monoisotopic (exact) mass is 430 g/mol. The molecular weight excluding hydrogens is 404 g/mol. The molecule has 1 aromatic heterocycles. The molecule has 0 spiro atoms. The Bertz CT molecular complexity index is 1180. The van der Waals surface area contributed by atoms with Gasteiger partial charge in [0.25, 0.3) is 0 Å². The van der Waals surface area contributed by atoms with Crippen LogP contribution in [-0.2, 0) is 11.3 Å². The maximum absolute atomic E-state index is 12.5. The first-order valence-electron chi connectivity index (χ1n) is 10.4. The lowest BCUT2D eigenvalue weighted by atomic mass is 10.1. The van der Waals surface area contributed by atoms with E-state index in [0.29, 0.717) is 12.4 Å². The summed E-state index contributed by atoms with van der Waals surface area (Å²) in [5.74, 6) is 1.13. The van der Waals surface area contributed by atoms with Gasteiger partial charge in [-0.3, -0.25) is 4.79 Å². The number of hydrogen-bond donors (Lipinski definition) is 1. The smallest absolute Gasteiger partial charge is 0.234 e. The first-order chi connectivity index (χ1) is 15.1. The van der Waals surface area contributed by atoms with E-state index in [1.54, 1.807) is 11.8 Å². The Morgan fingerprint density at radius 3 is 2.61 bits per heavy atom. The molecule has 1 N–H and O–H groups in total. The Kier molecular flexibility index (Phi) is 6.63. The molecule has 0 saturated carbocycles. The van der Waals surface area contributed by atoms with Gasteiger partial charge in [-0.05, 0) is 49.7 Å². The lowest BCUT2D eigenvalue weighted by molar-refractivity contribution is -0.113. The molecular formula is C26H26N2O2S. The van der Waals surface area contributed by atoms with Crippen molar-refractivity contribution in [2.45, 2.75) is 25.3 Å². The van der Waals surface area contributed by atoms with Gasteiger partial charge in [-0.2, -0.15) is 0 Å². The lowest BCUT2D eigenvalue weighted by Crippen LogP contribution is -2.13. The second-order valence-corrected chi connectivity index (χ2v) is 8.44.